The Kier molecular flexibility index (Phi) is 3.00. The van der Waals surface area contributed by atoms with Gasteiger partial charge in [0.05, 0.1) is 5.01 Å². The molecule has 0 bridgehead atoms. The van der Waals surface area contributed by atoms with Gasteiger partial charge in [0.15, 0.2) is 0 Å². The van der Waals surface area contributed by atoms with Crippen molar-refractivity contribution >= 4 is 27.8 Å². The van der Waals surface area contributed by atoms with Crippen LogP contribution in [0.15, 0.2) is 11.6 Å². The number of thiazole rings is 1. The summed E-state index contributed by atoms with van der Waals surface area (Å²) in [6.07, 6.45) is 6.99. The number of rotatable bonds is 3. The molecule has 3 heterocycles. The second-order valence-electron chi connectivity index (χ2n) is 5.35. The molecule has 4 rings (SSSR count). The molecule has 19 heavy (non-hydrogen) atoms. The van der Waals surface area contributed by atoms with Gasteiger partial charge in [-0.2, -0.15) is 0 Å². The number of hydrogen-bond acceptors (Lipinski definition) is 6. The van der Waals surface area contributed by atoms with Crippen LogP contribution in [0.4, 0.5) is 5.13 Å². The smallest absolute Gasteiger partial charge is 0.208 e. The summed E-state index contributed by atoms with van der Waals surface area (Å²) in [5.41, 5.74) is 0. The Labute approximate surface area is 120 Å². The molecule has 4 nitrogen and oxygen atoms in total. The molecule has 2 aromatic heterocycles. The van der Waals surface area contributed by atoms with Crippen LogP contribution in [0.25, 0.3) is 0 Å². The van der Waals surface area contributed by atoms with Crippen LogP contribution in [-0.2, 0) is 0 Å². The lowest BCUT2D eigenvalue weighted by Gasteiger charge is -2.31. The van der Waals surface area contributed by atoms with Gasteiger partial charge in [-0.15, -0.1) is 21.5 Å². The first-order valence-electron chi connectivity index (χ1n) is 6.88. The zero-order valence-corrected chi connectivity index (χ0v) is 12.3. The van der Waals surface area contributed by atoms with E-state index in [0.717, 1.165) is 18.2 Å². The van der Waals surface area contributed by atoms with Crippen LogP contribution in [0.3, 0.4) is 0 Å². The Morgan fingerprint density at radius 1 is 1.11 bits per heavy atom. The Morgan fingerprint density at radius 3 is 2.84 bits per heavy atom. The van der Waals surface area contributed by atoms with Crippen molar-refractivity contribution < 1.29 is 0 Å². The normalized spacial score (nSPS) is 23.8. The van der Waals surface area contributed by atoms with Gasteiger partial charge in [-0.05, 0) is 25.7 Å². The summed E-state index contributed by atoms with van der Waals surface area (Å²) >= 11 is 3.57. The number of piperidine rings is 1. The van der Waals surface area contributed by atoms with Crippen molar-refractivity contribution in [2.75, 3.05) is 18.0 Å². The van der Waals surface area contributed by atoms with E-state index < -0.39 is 0 Å². The maximum Gasteiger partial charge on any atom is 0.208 e. The third-order valence-electron chi connectivity index (χ3n) is 3.85. The van der Waals surface area contributed by atoms with E-state index >= 15 is 0 Å². The van der Waals surface area contributed by atoms with Gasteiger partial charge in [0.1, 0.15) is 5.01 Å². The lowest BCUT2D eigenvalue weighted by Crippen LogP contribution is -2.34. The van der Waals surface area contributed by atoms with Gasteiger partial charge >= 0.3 is 0 Å². The third-order valence-corrected chi connectivity index (χ3v) is 5.93. The summed E-state index contributed by atoms with van der Waals surface area (Å²) in [5, 5.41) is 14.5. The first kappa shape index (κ1) is 11.8. The molecule has 6 heteroatoms. The highest BCUT2D eigenvalue weighted by atomic mass is 32.1. The van der Waals surface area contributed by atoms with Crippen LogP contribution in [0.5, 0.6) is 0 Å². The van der Waals surface area contributed by atoms with Crippen molar-refractivity contribution in [1.82, 2.24) is 15.2 Å². The van der Waals surface area contributed by atoms with E-state index in [4.69, 9.17) is 0 Å². The molecule has 1 saturated carbocycles. The monoisotopic (exact) mass is 292 g/mol. The standard InChI is InChI=1S/C13H16N4S2/c1-2-10(11-14-5-7-18-11)8-17(6-1)13-16-15-12(19-13)9-3-4-9/h5,7,9-10H,1-4,6,8H2. The van der Waals surface area contributed by atoms with E-state index in [1.165, 1.54) is 35.7 Å². The second-order valence-corrected chi connectivity index (χ2v) is 7.27. The highest BCUT2D eigenvalue weighted by Crippen LogP contribution is 2.43. The predicted octanol–water partition coefficient (Wildman–Crippen LogP) is 3.26. The lowest BCUT2D eigenvalue weighted by atomic mass is 9.99. The van der Waals surface area contributed by atoms with E-state index in [1.54, 1.807) is 22.7 Å². The Morgan fingerprint density at radius 2 is 2.05 bits per heavy atom. The molecule has 1 aliphatic heterocycles. The fourth-order valence-corrected chi connectivity index (χ4v) is 4.45. The minimum atomic E-state index is 0.571. The van der Waals surface area contributed by atoms with Gasteiger partial charge in [-0.25, -0.2) is 4.98 Å². The summed E-state index contributed by atoms with van der Waals surface area (Å²) in [6, 6.07) is 0. The fraction of sp³-hybridized carbons (Fsp3) is 0.615. The van der Waals surface area contributed by atoms with Crippen molar-refractivity contribution in [3.8, 4) is 0 Å². The van der Waals surface area contributed by atoms with Crippen molar-refractivity contribution in [2.24, 2.45) is 0 Å². The van der Waals surface area contributed by atoms with Gasteiger partial charge < -0.3 is 4.90 Å². The Bertz CT molecular complexity index is 547. The fourth-order valence-electron chi connectivity index (χ4n) is 2.64. The highest BCUT2D eigenvalue weighted by Gasteiger charge is 2.30. The molecule has 1 unspecified atom stereocenters. The second kappa shape index (κ2) is 4.83. The van der Waals surface area contributed by atoms with E-state index in [1.807, 2.05) is 6.20 Å². The van der Waals surface area contributed by atoms with Crippen molar-refractivity contribution in [3.05, 3.63) is 21.6 Å². The highest BCUT2D eigenvalue weighted by molar-refractivity contribution is 7.15. The zero-order chi connectivity index (χ0) is 12.7. The van der Waals surface area contributed by atoms with Crippen LogP contribution in [0.2, 0.25) is 0 Å². The average Bonchev–Trinajstić information content (AvgIpc) is 2.97. The van der Waals surface area contributed by atoms with Crippen molar-refractivity contribution in [1.29, 1.82) is 0 Å². The molecule has 2 fully saturated rings. The molecular weight excluding hydrogens is 276 g/mol. The molecule has 1 aliphatic carbocycles. The molecule has 0 N–H and O–H groups in total. The SMILES string of the molecule is c1csc(C2CCCN(c3nnc(C4CC4)s3)C2)n1. The molecule has 1 saturated heterocycles. The van der Waals surface area contributed by atoms with Gasteiger partial charge in [0.2, 0.25) is 5.13 Å². The molecule has 0 aromatic carbocycles. The topological polar surface area (TPSA) is 41.9 Å². The molecule has 2 aliphatic rings. The molecule has 1 atom stereocenters. The van der Waals surface area contributed by atoms with E-state index in [2.05, 4.69) is 25.5 Å². The molecule has 0 spiro atoms. The Balaban J connectivity index is 1.50. The minimum absolute atomic E-state index is 0.571. The first-order chi connectivity index (χ1) is 9.40. The summed E-state index contributed by atoms with van der Waals surface area (Å²) in [7, 11) is 0. The number of hydrogen-bond donors (Lipinski definition) is 0. The maximum atomic E-state index is 4.47. The third kappa shape index (κ3) is 2.39. The number of anilines is 1. The van der Waals surface area contributed by atoms with Crippen LogP contribution in [0, 0.1) is 0 Å². The maximum absolute atomic E-state index is 4.47. The van der Waals surface area contributed by atoms with E-state index in [9.17, 15) is 0 Å². The van der Waals surface area contributed by atoms with Crippen molar-refractivity contribution in [2.45, 2.75) is 37.5 Å². The molecule has 2 aromatic rings. The van der Waals surface area contributed by atoms with Crippen molar-refractivity contribution in [3.63, 3.8) is 0 Å². The molecular formula is C13H16N4S2. The summed E-state index contributed by atoms with van der Waals surface area (Å²) in [6.45, 7) is 2.16. The van der Waals surface area contributed by atoms with E-state index in [-0.39, 0.29) is 0 Å². The van der Waals surface area contributed by atoms with Crippen LogP contribution < -0.4 is 4.90 Å². The summed E-state index contributed by atoms with van der Waals surface area (Å²) < 4.78 is 0. The molecule has 0 radical (unpaired) electrons. The summed E-state index contributed by atoms with van der Waals surface area (Å²) in [5.74, 6) is 1.29. The lowest BCUT2D eigenvalue weighted by molar-refractivity contribution is 0.507. The molecule has 100 valence electrons. The zero-order valence-electron chi connectivity index (χ0n) is 10.7. The average molecular weight is 292 g/mol. The number of aromatic nitrogens is 3. The van der Waals surface area contributed by atoms with Gasteiger partial charge in [0, 0.05) is 36.5 Å². The minimum Gasteiger partial charge on any atom is -0.346 e. The van der Waals surface area contributed by atoms with Gasteiger partial charge in [0.25, 0.3) is 0 Å². The summed E-state index contributed by atoms with van der Waals surface area (Å²) in [4.78, 5) is 6.87. The van der Waals surface area contributed by atoms with Crippen LogP contribution in [-0.4, -0.2) is 28.3 Å². The first-order valence-corrected chi connectivity index (χ1v) is 8.57. The van der Waals surface area contributed by atoms with Gasteiger partial charge in [-0.1, -0.05) is 11.3 Å². The predicted molar refractivity (Wildman–Crippen MR) is 78.2 cm³/mol. The van der Waals surface area contributed by atoms with Gasteiger partial charge in [-0.3, -0.25) is 0 Å². The van der Waals surface area contributed by atoms with E-state index in [0.29, 0.717) is 11.8 Å². The Hall–Kier alpha value is -1.01. The largest absolute Gasteiger partial charge is 0.346 e. The van der Waals surface area contributed by atoms with Crippen LogP contribution >= 0.6 is 22.7 Å². The number of nitrogens with zero attached hydrogens (tertiary/aromatic N) is 4. The molecule has 0 amide bonds. The van der Waals surface area contributed by atoms with Crippen LogP contribution in [0.1, 0.15) is 47.5 Å². The quantitative estimate of drug-likeness (QED) is 0.871.